The van der Waals surface area contributed by atoms with Crippen LogP contribution in [-0.2, 0) is 11.3 Å². The maximum Gasteiger partial charge on any atom is 0.338 e. The molecule has 0 aliphatic carbocycles. The molecule has 0 radical (unpaired) electrons. The van der Waals surface area contributed by atoms with E-state index in [-0.39, 0.29) is 5.97 Å². The third-order valence-corrected chi connectivity index (χ3v) is 3.99. The normalized spacial score (nSPS) is 12.5. The van der Waals surface area contributed by atoms with Crippen molar-refractivity contribution in [1.82, 2.24) is 0 Å². The highest BCUT2D eigenvalue weighted by Crippen LogP contribution is 2.24. The quantitative estimate of drug-likeness (QED) is 0.639. The number of hydrogen-bond acceptors (Lipinski definition) is 3. The van der Waals surface area contributed by atoms with Gasteiger partial charge in [-0.25, -0.2) is 4.79 Å². The van der Waals surface area contributed by atoms with Crippen LogP contribution in [0.1, 0.15) is 21.5 Å². The molecule has 2 N–H and O–H groups in total. The van der Waals surface area contributed by atoms with E-state index in [0.29, 0.717) is 22.3 Å². The maximum atomic E-state index is 11.6. The van der Waals surface area contributed by atoms with Crippen molar-refractivity contribution in [2.24, 2.45) is 0 Å². The number of thiocarbonyl (C=S) groups is 1. The number of cyclic esters (lactones) is 1. The van der Waals surface area contributed by atoms with E-state index in [0.717, 1.165) is 22.5 Å². The number of benzene rings is 2. The van der Waals surface area contributed by atoms with E-state index in [1.54, 1.807) is 6.07 Å². The Hall–Kier alpha value is -2.11. The first-order chi connectivity index (χ1) is 10.5. The molecule has 6 heteroatoms. The van der Waals surface area contributed by atoms with E-state index >= 15 is 0 Å². The molecule has 0 saturated heterocycles. The van der Waals surface area contributed by atoms with Crippen LogP contribution in [0.3, 0.4) is 0 Å². The summed E-state index contributed by atoms with van der Waals surface area (Å²) in [7, 11) is 0. The highest BCUT2D eigenvalue weighted by atomic mass is 35.5. The predicted octanol–water partition coefficient (Wildman–Crippen LogP) is 4.13. The fourth-order valence-corrected chi connectivity index (χ4v) is 2.57. The van der Waals surface area contributed by atoms with E-state index in [4.69, 9.17) is 28.6 Å². The summed E-state index contributed by atoms with van der Waals surface area (Å²) in [6.45, 7) is 2.27. The summed E-state index contributed by atoms with van der Waals surface area (Å²) in [4.78, 5) is 11.6. The van der Waals surface area contributed by atoms with Crippen LogP contribution in [-0.4, -0.2) is 11.1 Å². The molecule has 3 rings (SSSR count). The second-order valence-corrected chi connectivity index (χ2v) is 5.81. The van der Waals surface area contributed by atoms with Crippen LogP contribution < -0.4 is 10.6 Å². The molecule has 0 unspecified atom stereocenters. The van der Waals surface area contributed by atoms with Gasteiger partial charge in [0.2, 0.25) is 0 Å². The molecule has 0 fully saturated rings. The minimum Gasteiger partial charge on any atom is -0.457 e. The van der Waals surface area contributed by atoms with E-state index in [1.165, 1.54) is 0 Å². The van der Waals surface area contributed by atoms with Crippen molar-refractivity contribution in [2.75, 3.05) is 10.6 Å². The lowest BCUT2D eigenvalue weighted by Gasteiger charge is -2.12. The van der Waals surface area contributed by atoms with Gasteiger partial charge in [-0.05, 0) is 49.0 Å². The van der Waals surface area contributed by atoms with Gasteiger partial charge in [-0.15, -0.1) is 0 Å². The molecule has 1 heterocycles. The van der Waals surface area contributed by atoms with Gasteiger partial charge >= 0.3 is 5.97 Å². The molecule has 0 aromatic heterocycles. The first-order valence-corrected chi connectivity index (χ1v) is 7.46. The SMILES string of the molecule is Cc1ccc(NC(=S)Nc2ccc3c(c2)C(=O)OC3)cc1Cl. The van der Waals surface area contributed by atoms with Gasteiger partial charge in [0.1, 0.15) is 6.61 Å². The van der Waals surface area contributed by atoms with Gasteiger partial charge in [0.05, 0.1) is 5.56 Å². The second-order valence-electron chi connectivity index (χ2n) is 4.99. The number of aryl methyl sites for hydroxylation is 1. The van der Waals surface area contributed by atoms with Crippen LogP contribution in [0.15, 0.2) is 36.4 Å². The van der Waals surface area contributed by atoms with Crippen LogP contribution in [0.5, 0.6) is 0 Å². The Morgan fingerprint density at radius 2 is 1.86 bits per heavy atom. The number of nitrogens with one attached hydrogen (secondary N) is 2. The van der Waals surface area contributed by atoms with Gasteiger partial charge in [0, 0.05) is 22.0 Å². The summed E-state index contributed by atoms with van der Waals surface area (Å²) in [6, 6.07) is 11.1. The van der Waals surface area contributed by atoms with Gasteiger partial charge in [-0.3, -0.25) is 0 Å². The molecule has 0 atom stereocenters. The molecule has 0 amide bonds. The average Bonchev–Trinajstić information content (AvgIpc) is 2.84. The molecule has 112 valence electrons. The van der Waals surface area contributed by atoms with E-state index in [2.05, 4.69) is 10.6 Å². The summed E-state index contributed by atoms with van der Waals surface area (Å²) in [6.07, 6.45) is 0. The molecule has 1 aliphatic heterocycles. The Kier molecular flexibility index (Phi) is 4.00. The number of fused-ring (bicyclic) bond motifs is 1. The number of rotatable bonds is 2. The van der Waals surface area contributed by atoms with Gasteiger partial charge in [-0.2, -0.15) is 0 Å². The zero-order valence-electron chi connectivity index (χ0n) is 11.8. The molecular formula is C16H13ClN2O2S. The second kappa shape index (κ2) is 5.94. The number of ether oxygens (including phenoxy) is 1. The number of carbonyl (C=O) groups is 1. The molecule has 1 aliphatic rings. The Balaban J connectivity index is 1.70. The third kappa shape index (κ3) is 3.05. The van der Waals surface area contributed by atoms with Crippen molar-refractivity contribution in [3.8, 4) is 0 Å². The van der Waals surface area contributed by atoms with Crippen LogP contribution in [0.25, 0.3) is 0 Å². The molecule has 2 aromatic carbocycles. The van der Waals surface area contributed by atoms with Crippen molar-refractivity contribution in [3.63, 3.8) is 0 Å². The standard InChI is InChI=1S/C16H13ClN2O2S/c1-9-2-4-12(7-14(9)17)19-16(22)18-11-5-3-10-8-21-15(20)13(10)6-11/h2-7H,8H2,1H3,(H2,18,19,22). The summed E-state index contributed by atoms with van der Waals surface area (Å²) in [5, 5.41) is 7.20. The zero-order chi connectivity index (χ0) is 15.7. The van der Waals surface area contributed by atoms with Crippen LogP contribution >= 0.6 is 23.8 Å². The molecule has 0 saturated carbocycles. The molecule has 2 aromatic rings. The van der Waals surface area contributed by atoms with Gasteiger partial charge < -0.3 is 15.4 Å². The van der Waals surface area contributed by atoms with Crippen LogP contribution in [0, 0.1) is 6.92 Å². The highest BCUT2D eigenvalue weighted by Gasteiger charge is 2.21. The number of carbonyl (C=O) groups excluding carboxylic acids is 1. The monoisotopic (exact) mass is 332 g/mol. The minimum atomic E-state index is -0.303. The zero-order valence-corrected chi connectivity index (χ0v) is 13.3. The Bertz CT molecular complexity index is 777. The topological polar surface area (TPSA) is 50.4 Å². The number of hydrogen-bond donors (Lipinski definition) is 2. The van der Waals surface area contributed by atoms with Crippen LogP contribution in [0.4, 0.5) is 11.4 Å². The molecule has 4 nitrogen and oxygen atoms in total. The third-order valence-electron chi connectivity index (χ3n) is 3.38. The Morgan fingerprint density at radius 3 is 2.59 bits per heavy atom. The first kappa shape index (κ1) is 14.8. The average molecular weight is 333 g/mol. The number of halogens is 1. The molecule has 0 bridgehead atoms. The smallest absolute Gasteiger partial charge is 0.338 e. The van der Waals surface area contributed by atoms with Crippen LogP contribution in [0.2, 0.25) is 5.02 Å². The maximum absolute atomic E-state index is 11.6. The summed E-state index contributed by atoms with van der Waals surface area (Å²) < 4.78 is 4.97. The van der Waals surface area contributed by atoms with Gasteiger partial charge in [-0.1, -0.05) is 23.7 Å². The minimum absolute atomic E-state index is 0.303. The fraction of sp³-hybridized carbons (Fsp3) is 0.125. The summed E-state index contributed by atoms with van der Waals surface area (Å²) in [5.74, 6) is -0.303. The van der Waals surface area contributed by atoms with E-state index < -0.39 is 0 Å². The predicted molar refractivity (Wildman–Crippen MR) is 91.6 cm³/mol. The first-order valence-electron chi connectivity index (χ1n) is 6.67. The summed E-state index contributed by atoms with van der Waals surface area (Å²) >= 11 is 11.4. The lowest BCUT2D eigenvalue weighted by Crippen LogP contribution is -2.19. The van der Waals surface area contributed by atoms with Gasteiger partial charge in [0.25, 0.3) is 0 Å². The Morgan fingerprint density at radius 1 is 1.18 bits per heavy atom. The van der Waals surface area contributed by atoms with Crippen molar-refractivity contribution in [2.45, 2.75) is 13.5 Å². The molecule has 22 heavy (non-hydrogen) atoms. The summed E-state index contributed by atoms with van der Waals surface area (Å²) in [5.41, 5.74) is 4.00. The molecular weight excluding hydrogens is 320 g/mol. The number of anilines is 2. The number of esters is 1. The lowest BCUT2D eigenvalue weighted by molar-refractivity contribution is 0.0535. The highest BCUT2D eigenvalue weighted by molar-refractivity contribution is 7.80. The van der Waals surface area contributed by atoms with E-state index in [9.17, 15) is 4.79 Å². The molecule has 0 spiro atoms. The van der Waals surface area contributed by atoms with Crippen molar-refractivity contribution in [1.29, 1.82) is 0 Å². The Labute approximate surface area is 138 Å². The fourth-order valence-electron chi connectivity index (χ4n) is 2.16. The van der Waals surface area contributed by atoms with E-state index in [1.807, 2.05) is 37.3 Å². The van der Waals surface area contributed by atoms with Crippen molar-refractivity contribution in [3.05, 3.63) is 58.1 Å². The van der Waals surface area contributed by atoms with Gasteiger partial charge in [0.15, 0.2) is 5.11 Å². The lowest BCUT2D eigenvalue weighted by atomic mass is 10.1. The largest absolute Gasteiger partial charge is 0.457 e. The van der Waals surface area contributed by atoms with Crippen molar-refractivity contribution < 1.29 is 9.53 Å². The van der Waals surface area contributed by atoms with Crippen molar-refractivity contribution >= 4 is 46.3 Å².